The van der Waals surface area contributed by atoms with Crippen LogP contribution in [-0.2, 0) is 9.59 Å². The molecule has 1 aromatic rings. The Balaban J connectivity index is 2.49. The molecule has 1 aliphatic heterocycles. The van der Waals surface area contributed by atoms with E-state index in [0.717, 1.165) is 9.26 Å². The van der Waals surface area contributed by atoms with Crippen LogP contribution in [0.1, 0.15) is 27.2 Å². The molecule has 1 heterocycles. The van der Waals surface area contributed by atoms with Crippen molar-refractivity contribution < 1.29 is 9.59 Å². The Morgan fingerprint density at radius 3 is 2.57 bits per heavy atom. The van der Waals surface area contributed by atoms with E-state index in [4.69, 9.17) is 11.6 Å². The third-order valence-corrected chi connectivity index (χ3v) is 4.74. The van der Waals surface area contributed by atoms with Crippen LogP contribution in [0.5, 0.6) is 0 Å². The van der Waals surface area contributed by atoms with Crippen molar-refractivity contribution in [3.8, 4) is 0 Å². The average molecular weight is 421 g/mol. The molecule has 1 aliphatic rings. The topological polar surface area (TPSA) is 49.4 Å². The Hall–Kier alpha value is -0.820. The van der Waals surface area contributed by atoms with Gasteiger partial charge in [-0.2, -0.15) is 0 Å². The molecule has 1 fully saturated rings. The Morgan fingerprint density at radius 2 is 2.05 bits per heavy atom. The Morgan fingerprint density at radius 1 is 1.38 bits per heavy atom. The first-order valence-electron chi connectivity index (χ1n) is 6.95. The van der Waals surface area contributed by atoms with E-state index in [1.807, 2.05) is 20.8 Å². The maximum absolute atomic E-state index is 12.8. The van der Waals surface area contributed by atoms with E-state index in [0.29, 0.717) is 11.4 Å². The van der Waals surface area contributed by atoms with Gasteiger partial charge in [-0.3, -0.25) is 14.5 Å². The lowest BCUT2D eigenvalue weighted by atomic mass is 9.96. The van der Waals surface area contributed by atoms with Crippen molar-refractivity contribution in [1.82, 2.24) is 5.32 Å². The van der Waals surface area contributed by atoms with Crippen molar-refractivity contribution >= 4 is 51.7 Å². The van der Waals surface area contributed by atoms with E-state index in [2.05, 4.69) is 27.9 Å². The number of carbonyl (C=O) groups is 2. The fraction of sp³-hybridized carbons (Fsp3) is 0.467. The number of halogens is 2. The van der Waals surface area contributed by atoms with Gasteiger partial charge < -0.3 is 5.32 Å². The minimum absolute atomic E-state index is 0.0479. The lowest BCUT2D eigenvalue weighted by Crippen LogP contribution is -2.65. The third-order valence-electron chi connectivity index (χ3n) is 3.64. The SMILES string of the molecule is CCC1C(=O)NC(C(C)C)C(=O)N1c1ccc(Cl)cc1I. The number of amides is 2. The number of rotatable bonds is 3. The number of benzene rings is 1. The molecule has 1 N–H and O–H groups in total. The number of hydrogen-bond donors (Lipinski definition) is 1. The number of piperazine rings is 1. The fourth-order valence-corrected chi connectivity index (χ4v) is 3.65. The molecule has 1 saturated heterocycles. The van der Waals surface area contributed by atoms with Crippen molar-refractivity contribution in [2.75, 3.05) is 4.90 Å². The van der Waals surface area contributed by atoms with E-state index in [1.54, 1.807) is 23.1 Å². The summed E-state index contributed by atoms with van der Waals surface area (Å²) in [5.74, 6) is -0.107. The molecule has 0 radical (unpaired) electrons. The summed E-state index contributed by atoms with van der Waals surface area (Å²) in [6.07, 6.45) is 0.571. The monoisotopic (exact) mass is 420 g/mol. The molecule has 114 valence electrons. The van der Waals surface area contributed by atoms with Crippen LogP contribution < -0.4 is 10.2 Å². The van der Waals surface area contributed by atoms with Crippen molar-refractivity contribution in [1.29, 1.82) is 0 Å². The maximum Gasteiger partial charge on any atom is 0.250 e. The highest BCUT2D eigenvalue weighted by molar-refractivity contribution is 14.1. The Kier molecular flexibility index (Phi) is 5.14. The lowest BCUT2D eigenvalue weighted by molar-refractivity contribution is -0.134. The first kappa shape index (κ1) is 16.5. The van der Waals surface area contributed by atoms with Gasteiger partial charge in [0.05, 0.1) is 5.69 Å². The zero-order valence-electron chi connectivity index (χ0n) is 12.2. The quantitative estimate of drug-likeness (QED) is 0.764. The van der Waals surface area contributed by atoms with Gasteiger partial charge in [-0.05, 0) is 53.1 Å². The summed E-state index contributed by atoms with van der Waals surface area (Å²) < 4.78 is 0.865. The third kappa shape index (κ3) is 3.18. The normalized spacial score (nSPS) is 22.7. The van der Waals surface area contributed by atoms with E-state index < -0.39 is 12.1 Å². The standard InChI is InChI=1S/C15H18ClIN2O2/c1-4-11-14(20)18-13(8(2)3)15(21)19(11)12-6-5-9(16)7-10(12)17/h5-8,11,13H,4H2,1-3H3,(H,18,20). The number of nitrogens with zero attached hydrogens (tertiary/aromatic N) is 1. The van der Waals surface area contributed by atoms with E-state index in [9.17, 15) is 9.59 Å². The second-order valence-corrected chi connectivity index (χ2v) is 7.06. The van der Waals surface area contributed by atoms with E-state index in [-0.39, 0.29) is 17.7 Å². The number of carbonyl (C=O) groups excluding carboxylic acids is 2. The predicted molar refractivity (Wildman–Crippen MR) is 92.5 cm³/mol. The Labute approximate surface area is 143 Å². The van der Waals surface area contributed by atoms with Gasteiger partial charge in [0.15, 0.2) is 0 Å². The fourth-order valence-electron chi connectivity index (χ4n) is 2.51. The van der Waals surface area contributed by atoms with Crippen LogP contribution in [-0.4, -0.2) is 23.9 Å². The minimum Gasteiger partial charge on any atom is -0.342 e. The van der Waals surface area contributed by atoms with Crippen LogP contribution in [0.15, 0.2) is 18.2 Å². The zero-order valence-corrected chi connectivity index (χ0v) is 15.1. The van der Waals surface area contributed by atoms with Crippen molar-refractivity contribution in [2.24, 2.45) is 5.92 Å². The molecule has 6 heteroatoms. The summed E-state index contributed by atoms with van der Waals surface area (Å²) in [6.45, 7) is 5.77. The summed E-state index contributed by atoms with van der Waals surface area (Å²) >= 11 is 8.13. The second-order valence-electron chi connectivity index (χ2n) is 5.46. The van der Waals surface area contributed by atoms with Crippen LogP contribution in [0.25, 0.3) is 0 Å². The molecule has 0 bridgehead atoms. The van der Waals surface area contributed by atoms with E-state index >= 15 is 0 Å². The van der Waals surface area contributed by atoms with Crippen LogP contribution in [0.4, 0.5) is 5.69 Å². The van der Waals surface area contributed by atoms with Gasteiger partial charge in [0.25, 0.3) is 5.91 Å². The molecule has 21 heavy (non-hydrogen) atoms. The van der Waals surface area contributed by atoms with Gasteiger partial charge in [-0.25, -0.2) is 0 Å². The molecule has 4 nitrogen and oxygen atoms in total. The molecule has 1 aromatic carbocycles. The molecule has 0 saturated carbocycles. The summed E-state index contributed by atoms with van der Waals surface area (Å²) in [4.78, 5) is 26.7. The highest BCUT2D eigenvalue weighted by atomic mass is 127. The summed E-state index contributed by atoms with van der Waals surface area (Å²) in [6, 6.07) is 4.40. The molecular weight excluding hydrogens is 403 g/mol. The van der Waals surface area contributed by atoms with Gasteiger partial charge >= 0.3 is 0 Å². The molecule has 2 unspecified atom stereocenters. The Bertz CT molecular complexity index is 577. The molecule has 0 spiro atoms. The average Bonchev–Trinajstić information content (AvgIpc) is 2.41. The number of nitrogens with one attached hydrogen (secondary N) is 1. The van der Waals surface area contributed by atoms with Crippen molar-refractivity contribution in [3.05, 3.63) is 26.8 Å². The van der Waals surface area contributed by atoms with Crippen LogP contribution in [0.3, 0.4) is 0 Å². The molecule has 2 amide bonds. The van der Waals surface area contributed by atoms with Crippen molar-refractivity contribution in [2.45, 2.75) is 39.3 Å². The molecular formula is C15H18ClIN2O2. The second kappa shape index (κ2) is 6.52. The molecule has 2 rings (SSSR count). The van der Waals surface area contributed by atoms with Gasteiger partial charge in [0, 0.05) is 8.59 Å². The molecule has 0 aliphatic carbocycles. The summed E-state index contributed by atoms with van der Waals surface area (Å²) in [5.41, 5.74) is 0.748. The number of hydrogen-bond acceptors (Lipinski definition) is 2. The zero-order chi connectivity index (χ0) is 15.7. The predicted octanol–water partition coefficient (Wildman–Crippen LogP) is 3.21. The van der Waals surface area contributed by atoms with Gasteiger partial charge in [-0.1, -0.05) is 32.4 Å². The molecule has 2 atom stereocenters. The van der Waals surface area contributed by atoms with E-state index in [1.165, 1.54) is 0 Å². The van der Waals surface area contributed by atoms with Gasteiger partial charge in [0.1, 0.15) is 12.1 Å². The van der Waals surface area contributed by atoms with Crippen LogP contribution in [0.2, 0.25) is 5.02 Å². The smallest absolute Gasteiger partial charge is 0.250 e. The summed E-state index contributed by atoms with van der Waals surface area (Å²) in [7, 11) is 0. The first-order chi connectivity index (χ1) is 9.86. The maximum atomic E-state index is 12.8. The van der Waals surface area contributed by atoms with Gasteiger partial charge in [0.2, 0.25) is 5.91 Å². The highest BCUT2D eigenvalue weighted by Crippen LogP contribution is 2.31. The highest BCUT2D eigenvalue weighted by Gasteiger charge is 2.42. The first-order valence-corrected chi connectivity index (χ1v) is 8.41. The van der Waals surface area contributed by atoms with Gasteiger partial charge in [-0.15, -0.1) is 0 Å². The lowest BCUT2D eigenvalue weighted by Gasteiger charge is -2.40. The minimum atomic E-state index is -0.480. The molecule has 0 aromatic heterocycles. The largest absolute Gasteiger partial charge is 0.342 e. The van der Waals surface area contributed by atoms with Crippen LogP contribution >= 0.6 is 34.2 Å². The van der Waals surface area contributed by atoms with Crippen molar-refractivity contribution in [3.63, 3.8) is 0 Å². The van der Waals surface area contributed by atoms with Crippen LogP contribution in [0, 0.1) is 9.49 Å². The summed E-state index contributed by atoms with van der Waals surface area (Å²) in [5, 5.41) is 3.45. The number of anilines is 1.